The number of hydrogen-bond acceptors (Lipinski definition) is 1. The molecule has 0 radical (unpaired) electrons. The standard InChI is InChI=1S/C21H20S/c1-21(2,3)13-15-8-6-10-17-19-16-9-5-4-7-14(16)11-12-18(19)22-20(15)17/h4-12H,13H2,1-3H3. The summed E-state index contributed by atoms with van der Waals surface area (Å²) in [5.74, 6) is 0. The molecule has 1 heterocycles. The molecule has 0 aliphatic carbocycles. The first-order chi connectivity index (χ1) is 10.5. The molecule has 0 saturated carbocycles. The average molecular weight is 304 g/mol. The molecule has 0 nitrogen and oxygen atoms in total. The Morgan fingerprint density at radius 1 is 0.818 bits per heavy atom. The molecule has 0 unspecified atom stereocenters. The first kappa shape index (κ1) is 13.8. The molecule has 4 aromatic rings. The third kappa shape index (κ3) is 2.21. The molecule has 22 heavy (non-hydrogen) atoms. The summed E-state index contributed by atoms with van der Waals surface area (Å²) in [6.07, 6.45) is 1.12. The van der Waals surface area contributed by atoms with Gasteiger partial charge in [0, 0.05) is 20.2 Å². The van der Waals surface area contributed by atoms with Crippen molar-refractivity contribution in [2.75, 3.05) is 0 Å². The molecule has 0 spiro atoms. The van der Waals surface area contributed by atoms with Crippen LogP contribution in [0.3, 0.4) is 0 Å². The summed E-state index contributed by atoms with van der Waals surface area (Å²) in [7, 11) is 0. The lowest BCUT2D eigenvalue weighted by atomic mass is 9.87. The Labute approximate surface area is 135 Å². The molecular weight excluding hydrogens is 284 g/mol. The van der Waals surface area contributed by atoms with Gasteiger partial charge in [0.05, 0.1) is 0 Å². The average Bonchev–Trinajstić information content (AvgIpc) is 2.86. The van der Waals surface area contributed by atoms with Crippen molar-refractivity contribution in [2.45, 2.75) is 27.2 Å². The van der Waals surface area contributed by atoms with Crippen molar-refractivity contribution in [1.29, 1.82) is 0 Å². The summed E-state index contributed by atoms with van der Waals surface area (Å²) in [5, 5.41) is 5.54. The maximum Gasteiger partial charge on any atom is 0.0387 e. The highest BCUT2D eigenvalue weighted by atomic mass is 32.1. The molecule has 0 bridgehead atoms. The van der Waals surface area contributed by atoms with Crippen LogP contribution in [-0.2, 0) is 6.42 Å². The van der Waals surface area contributed by atoms with Crippen LogP contribution in [0.2, 0.25) is 0 Å². The molecule has 0 N–H and O–H groups in total. The second-order valence-corrected chi connectivity index (χ2v) is 8.35. The van der Waals surface area contributed by atoms with Gasteiger partial charge >= 0.3 is 0 Å². The molecule has 1 aromatic heterocycles. The maximum atomic E-state index is 2.31. The van der Waals surface area contributed by atoms with Crippen LogP contribution in [0, 0.1) is 5.41 Å². The Morgan fingerprint density at radius 2 is 1.59 bits per heavy atom. The minimum Gasteiger partial charge on any atom is -0.135 e. The van der Waals surface area contributed by atoms with E-state index >= 15 is 0 Å². The van der Waals surface area contributed by atoms with Crippen molar-refractivity contribution in [3.05, 3.63) is 60.2 Å². The van der Waals surface area contributed by atoms with Gasteiger partial charge in [-0.15, -0.1) is 11.3 Å². The van der Waals surface area contributed by atoms with E-state index in [1.165, 1.54) is 36.5 Å². The van der Waals surface area contributed by atoms with Gasteiger partial charge in [-0.3, -0.25) is 0 Å². The quantitative estimate of drug-likeness (QED) is 0.363. The van der Waals surface area contributed by atoms with Gasteiger partial charge in [-0.1, -0.05) is 69.3 Å². The van der Waals surface area contributed by atoms with E-state index in [-0.39, 0.29) is 0 Å². The Hall–Kier alpha value is -1.86. The second-order valence-electron chi connectivity index (χ2n) is 7.29. The Kier molecular flexibility index (Phi) is 3.02. The fourth-order valence-corrected chi connectivity index (χ4v) is 4.57. The number of rotatable bonds is 1. The number of benzene rings is 3. The zero-order valence-electron chi connectivity index (χ0n) is 13.3. The Morgan fingerprint density at radius 3 is 2.41 bits per heavy atom. The molecule has 3 aromatic carbocycles. The van der Waals surface area contributed by atoms with Gasteiger partial charge in [-0.25, -0.2) is 0 Å². The highest BCUT2D eigenvalue weighted by molar-refractivity contribution is 7.26. The zero-order valence-corrected chi connectivity index (χ0v) is 14.1. The SMILES string of the molecule is CC(C)(C)Cc1cccc2c1sc1ccc3ccccc3c12. The van der Waals surface area contributed by atoms with Crippen LogP contribution in [0.1, 0.15) is 26.3 Å². The predicted octanol–water partition coefficient (Wildman–Crippen LogP) is 6.80. The molecule has 0 aliphatic heterocycles. The molecule has 0 saturated heterocycles. The van der Waals surface area contributed by atoms with Crippen LogP contribution in [0.4, 0.5) is 0 Å². The molecule has 0 fully saturated rings. The van der Waals surface area contributed by atoms with Crippen LogP contribution in [0.5, 0.6) is 0 Å². The predicted molar refractivity (Wildman–Crippen MR) is 100.0 cm³/mol. The Bertz CT molecular complexity index is 983. The van der Waals surface area contributed by atoms with E-state index in [2.05, 4.69) is 75.4 Å². The monoisotopic (exact) mass is 304 g/mol. The van der Waals surface area contributed by atoms with Crippen molar-refractivity contribution in [2.24, 2.45) is 5.41 Å². The van der Waals surface area contributed by atoms with Gasteiger partial charge in [-0.2, -0.15) is 0 Å². The lowest BCUT2D eigenvalue weighted by molar-refractivity contribution is 0.413. The summed E-state index contributed by atoms with van der Waals surface area (Å²) in [4.78, 5) is 0. The van der Waals surface area contributed by atoms with Gasteiger partial charge in [0.15, 0.2) is 0 Å². The second kappa shape index (κ2) is 4.82. The van der Waals surface area contributed by atoms with Crippen molar-refractivity contribution in [3.8, 4) is 0 Å². The number of thiophene rings is 1. The van der Waals surface area contributed by atoms with E-state index in [9.17, 15) is 0 Å². The smallest absolute Gasteiger partial charge is 0.0387 e. The Balaban J connectivity index is 2.10. The van der Waals surface area contributed by atoms with E-state index in [4.69, 9.17) is 0 Å². The van der Waals surface area contributed by atoms with E-state index in [0.717, 1.165) is 6.42 Å². The number of fused-ring (bicyclic) bond motifs is 5. The van der Waals surface area contributed by atoms with Gasteiger partial charge in [0.2, 0.25) is 0 Å². The minimum absolute atomic E-state index is 0.312. The number of hydrogen-bond donors (Lipinski definition) is 0. The van der Waals surface area contributed by atoms with Crippen molar-refractivity contribution in [1.82, 2.24) is 0 Å². The molecule has 1 heteroatoms. The van der Waals surface area contributed by atoms with Crippen molar-refractivity contribution in [3.63, 3.8) is 0 Å². The first-order valence-corrected chi connectivity index (χ1v) is 8.66. The van der Waals surface area contributed by atoms with Gasteiger partial charge in [0.1, 0.15) is 0 Å². The summed E-state index contributed by atoms with van der Waals surface area (Å²) >= 11 is 1.94. The summed E-state index contributed by atoms with van der Waals surface area (Å²) in [6.45, 7) is 6.94. The van der Waals surface area contributed by atoms with Crippen molar-refractivity contribution < 1.29 is 0 Å². The van der Waals surface area contributed by atoms with Crippen LogP contribution in [0.25, 0.3) is 30.9 Å². The van der Waals surface area contributed by atoms with Crippen LogP contribution in [0.15, 0.2) is 54.6 Å². The molecule has 0 atom stereocenters. The molecular formula is C21H20S. The maximum absolute atomic E-state index is 2.31. The van der Waals surface area contributed by atoms with E-state index < -0.39 is 0 Å². The molecule has 0 aliphatic rings. The largest absolute Gasteiger partial charge is 0.135 e. The fourth-order valence-electron chi connectivity index (χ4n) is 3.34. The topological polar surface area (TPSA) is 0 Å². The van der Waals surface area contributed by atoms with Crippen LogP contribution < -0.4 is 0 Å². The lowest BCUT2D eigenvalue weighted by Gasteiger charge is -2.18. The third-order valence-corrected chi connectivity index (χ3v) is 5.44. The molecule has 110 valence electrons. The van der Waals surface area contributed by atoms with Gasteiger partial charge in [0.25, 0.3) is 0 Å². The fraction of sp³-hybridized carbons (Fsp3) is 0.238. The van der Waals surface area contributed by atoms with Crippen LogP contribution >= 0.6 is 11.3 Å². The molecule has 4 rings (SSSR count). The van der Waals surface area contributed by atoms with Crippen molar-refractivity contribution >= 4 is 42.3 Å². The van der Waals surface area contributed by atoms with Gasteiger partial charge in [-0.05, 0) is 34.2 Å². The third-order valence-electron chi connectivity index (χ3n) is 4.19. The van der Waals surface area contributed by atoms with E-state index in [0.29, 0.717) is 5.41 Å². The summed E-state index contributed by atoms with van der Waals surface area (Å²) in [6, 6.07) is 20.0. The van der Waals surface area contributed by atoms with E-state index in [1.807, 2.05) is 11.3 Å². The lowest BCUT2D eigenvalue weighted by Crippen LogP contribution is -2.08. The normalized spacial score (nSPS) is 12.5. The summed E-state index contributed by atoms with van der Waals surface area (Å²) < 4.78 is 2.86. The van der Waals surface area contributed by atoms with Crippen LogP contribution in [-0.4, -0.2) is 0 Å². The molecule has 0 amide bonds. The van der Waals surface area contributed by atoms with E-state index in [1.54, 1.807) is 0 Å². The van der Waals surface area contributed by atoms with Gasteiger partial charge < -0.3 is 0 Å². The summed E-state index contributed by atoms with van der Waals surface area (Å²) in [5.41, 5.74) is 1.79. The zero-order chi connectivity index (χ0) is 15.3. The first-order valence-electron chi connectivity index (χ1n) is 7.85. The highest BCUT2D eigenvalue weighted by Gasteiger charge is 2.16. The highest BCUT2D eigenvalue weighted by Crippen LogP contribution is 2.41. The minimum atomic E-state index is 0.312.